The summed E-state index contributed by atoms with van der Waals surface area (Å²) in [4.78, 5) is 4.68. The molecular weight excluding hydrogens is 691 g/mol. The largest absolute Gasteiger partial charge is 2.00 e. The number of aryl methyl sites for hydroxylation is 1. The Morgan fingerprint density at radius 1 is 0.667 bits per heavy atom. The van der Waals surface area contributed by atoms with Crippen LogP contribution in [0.25, 0.3) is 44.4 Å². The van der Waals surface area contributed by atoms with Gasteiger partial charge in [0, 0.05) is 23.2 Å². The van der Waals surface area contributed by atoms with E-state index in [9.17, 15) is 0 Å². The van der Waals surface area contributed by atoms with Crippen molar-refractivity contribution in [2.75, 3.05) is 14.2 Å². The summed E-state index contributed by atoms with van der Waals surface area (Å²) >= 11 is 0. The smallest absolute Gasteiger partial charge is 0.509 e. The summed E-state index contributed by atoms with van der Waals surface area (Å²) in [6.45, 7) is 12.8. The van der Waals surface area contributed by atoms with Crippen LogP contribution in [-0.4, -0.2) is 33.6 Å². The molecule has 0 aliphatic rings. The molecule has 3 heterocycles. The quantitative estimate of drug-likeness (QED) is 0.121. The number of nitrogens with zero attached hydrogens (tertiary/aromatic N) is 4. The first-order valence-electron chi connectivity index (χ1n) is 15.6. The topological polar surface area (TPSA) is 63.3 Å². The first kappa shape index (κ1) is 33.0. The molecule has 8 heteroatoms. The van der Waals surface area contributed by atoms with E-state index in [1.54, 1.807) is 18.9 Å². The van der Waals surface area contributed by atoms with Crippen LogP contribution in [0, 0.1) is 53.7 Å². The fourth-order valence-electron chi connectivity index (χ4n) is 6.52. The molecule has 0 saturated heterocycles. The predicted molar refractivity (Wildman–Crippen MR) is 187 cm³/mol. The number of rotatable bonds is 7. The van der Waals surface area contributed by atoms with Gasteiger partial charge in [-0.05, 0) is 110 Å². The van der Waals surface area contributed by atoms with E-state index in [1.807, 2.05) is 42.6 Å². The Bertz CT molecular complexity index is 2310. The molecule has 4 aromatic carbocycles. The fraction of sp³-hybridized carbons (Fsp3) is 0.200. The second-order valence-corrected chi connectivity index (χ2v) is 11.9. The Hall–Kier alpha value is -4.90. The number of methoxy groups -OCH3 is 2. The van der Waals surface area contributed by atoms with Crippen LogP contribution in [0.3, 0.4) is 0 Å². The Morgan fingerprint density at radius 3 is 2.08 bits per heavy atom. The molecule has 0 saturated carbocycles. The van der Waals surface area contributed by atoms with Gasteiger partial charge >= 0.3 is 20.4 Å². The molecule has 0 amide bonds. The molecule has 3 aromatic heterocycles. The van der Waals surface area contributed by atoms with Gasteiger partial charge in [0.05, 0.1) is 14.2 Å². The Kier molecular flexibility index (Phi) is 8.91. The summed E-state index contributed by atoms with van der Waals surface area (Å²) in [5.41, 5.74) is 11.7. The molecule has 0 atom stereocenters. The summed E-state index contributed by atoms with van der Waals surface area (Å²) in [7, 11) is 3.29. The van der Waals surface area contributed by atoms with Gasteiger partial charge in [0.15, 0.2) is 0 Å². The van der Waals surface area contributed by atoms with Gasteiger partial charge in [-0.3, -0.25) is 0 Å². The molecule has 7 nitrogen and oxygen atoms in total. The Balaban J connectivity index is 0.00000401. The first-order chi connectivity index (χ1) is 22.7. The van der Waals surface area contributed by atoms with Crippen molar-refractivity contribution in [1.29, 1.82) is 0 Å². The molecule has 0 fully saturated rings. The van der Waals surface area contributed by atoms with Crippen LogP contribution in [0.5, 0.6) is 23.3 Å². The normalized spacial score (nSPS) is 11.2. The van der Waals surface area contributed by atoms with E-state index in [2.05, 4.69) is 93.6 Å². The molecule has 7 aromatic rings. The zero-order valence-electron chi connectivity index (χ0n) is 28.3. The van der Waals surface area contributed by atoms with Gasteiger partial charge in [-0.2, -0.15) is 12.1 Å². The summed E-state index contributed by atoms with van der Waals surface area (Å²) in [6, 6.07) is 29.0. The maximum atomic E-state index is 6.41. The van der Waals surface area contributed by atoms with Gasteiger partial charge in [0.25, 0.3) is 0 Å². The third kappa shape index (κ3) is 5.36. The zero-order chi connectivity index (χ0) is 33.0. The van der Waals surface area contributed by atoms with Crippen molar-refractivity contribution in [2.24, 2.45) is 0 Å². The third-order valence-electron chi connectivity index (χ3n) is 9.34. The van der Waals surface area contributed by atoms with Crippen molar-refractivity contribution >= 4 is 21.8 Å². The van der Waals surface area contributed by atoms with Gasteiger partial charge in [0.1, 0.15) is 11.4 Å². The van der Waals surface area contributed by atoms with Gasteiger partial charge in [0.2, 0.25) is 11.8 Å². The van der Waals surface area contributed by atoms with Gasteiger partial charge in [-0.25, -0.2) is 9.67 Å². The first-order valence-corrected chi connectivity index (χ1v) is 15.6. The number of benzene rings is 4. The van der Waals surface area contributed by atoms with Crippen LogP contribution in [0.4, 0.5) is 0 Å². The number of para-hydroxylation sites is 1. The molecule has 7 rings (SSSR count). The van der Waals surface area contributed by atoms with Crippen LogP contribution in [0.15, 0.2) is 72.9 Å². The van der Waals surface area contributed by atoms with E-state index in [0.29, 0.717) is 28.9 Å². The minimum atomic E-state index is 0. The number of pyridine rings is 1. The molecule has 0 aliphatic heterocycles. The van der Waals surface area contributed by atoms with Crippen molar-refractivity contribution < 1.29 is 34.6 Å². The van der Waals surface area contributed by atoms with Crippen molar-refractivity contribution in [3.05, 3.63) is 118 Å². The van der Waals surface area contributed by atoms with E-state index in [0.717, 1.165) is 44.3 Å². The maximum absolute atomic E-state index is 6.41. The molecule has 0 unspecified atom stereocenters. The van der Waals surface area contributed by atoms with Gasteiger partial charge < -0.3 is 18.8 Å². The van der Waals surface area contributed by atoms with Crippen molar-refractivity contribution in [3.8, 4) is 45.9 Å². The van der Waals surface area contributed by atoms with Crippen LogP contribution in [0.2, 0.25) is 0 Å². The summed E-state index contributed by atoms with van der Waals surface area (Å²) < 4.78 is 22.1. The zero-order valence-corrected chi connectivity index (χ0v) is 29.8. The molecular formula is C40H36N4O3Pd. The molecule has 0 N–H and O–H groups in total. The number of ether oxygens (including phenoxy) is 3. The molecule has 0 radical (unpaired) electrons. The minimum Gasteiger partial charge on any atom is -0.509 e. The van der Waals surface area contributed by atoms with E-state index in [4.69, 9.17) is 19.3 Å². The van der Waals surface area contributed by atoms with Crippen molar-refractivity contribution in [1.82, 2.24) is 19.3 Å². The second kappa shape index (κ2) is 13.0. The molecule has 0 spiro atoms. The van der Waals surface area contributed by atoms with Crippen LogP contribution in [0.1, 0.15) is 33.4 Å². The van der Waals surface area contributed by atoms with Crippen molar-refractivity contribution in [2.45, 2.75) is 41.5 Å². The SMILES string of the molecule is COc1nn(-c2[c-]c(Oc3[c-]c4c(cc3)c3ccccc3n4-c3cc(C)ccn3)ccc2)c(OC)c1-c1c(C)c(C)c(C)c(C)c1C.[Pd+2]. The summed E-state index contributed by atoms with van der Waals surface area (Å²) in [5.74, 6) is 2.95. The minimum absolute atomic E-state index is 0. The summed E-state index contributed by atoms with van der Waals surface area (Å²) in [6.07, 6.45) is 1.83. The molecule has 0 aliphatic carbocycles. The van der Waals surface area contributed by atoms with E-state index < -0.39 is 0 Å². The standard InChI is InChI=1S/C40H36N4O3.Pd/c1-23-18-19-41-36(20-23)43-34-15-10-9-14-32(34)33-17-16-31(22-35(33)43)47-30-13-11-12-29(21-30)44-40(46-8)38(39(42-44)45-7)37-27(5)25(3)24(2)26(4)28(37)6;/h9-20H,1-8H3;/q-2;+2. The molecule has 0 bridgehead atoms. The monoisotopic (exact) mass is 726 g/mol. The van der Waals surface area contributed by atoms with E-state index in [-0.39, 0.29) is 20.4 Å². The molecule has 48 heavy (non-hydrogen) atoms. The maximum Gasteiger partial charge on any atom is 2.00 e. The fourth-order valence-corrected chi connectivity index (χ4v) is 6.52. The predicted octanol–water partition coefficient (Wildman–Crippen LogP) is 9.29. The molecule has 244 valence electrons. The second-order valence-electron chi connectivity index (χ2n) is 11.9. The summed E-state index contributed by atoms with van der Waals surface area (Å²) in [5, 5.41) is 7.04. The van der Waals surface area contributed by atoms with Gasteiger partial charge in [-0.15, -0.1) is 40.8 Å². The van der Waals surface area contributed by atoms with E-state index in [1.165, 1.54) is 27.8 Å². The third-order valence-corrected chi connectivity index (χ3v) is 9.34. The van der Waals surface area contributed by atoms with Crippen molar-refractivity contribution in [3.63, 3.8) is 0 Å². The number of fused-ring (bicyclic) bond motifs is 3. The van der Waals surface area contributed by atoms with E-state index >= 15 is 0 Å². The van der Waals surface area contributed by atoms with Crippen LogP contribution >= 0.6 is 0 Å². The Morgan fingerprint density at radius 2 is 1.38 bits per heavy atom. The average molecular weight is 727 g/mol. The average Bonchev–Trinajstić information content (AvgIpc) is 3.62. The van der Waals surface area contributed by atoms with Gasteiger partial charge in [-0.1, -0.05) is 23.7 Å². The van der Waals surface area contributed by atoms with Crippen LogP contribution in [-0.2, 0) is 20.4 Å². The Labute approximate surface area is 294 Å². The number of hydrogen-bond acceptors (Lipinski definition) is 5. The number of hydrogen-bond donors (Lipinski definition) is 0. The van der Waals surface area contributed by atoms with Crippen LogP contribution < -0.4 is 14.2 Å². The number of aromatic nitrogens is 4.